The van der Waals surface area contributed by atoms with Crippen molar-refractivity contribution in [1.29, 1.82) is 0 Å². The standard InChI is InChI=1S/C14H11FN2O2/c15-13-4-3-11(8-12(13)2-1-7-18)9-17-10-16-6-5-14(17)19/h3-6,8,10,18H,7,9H2. The Hall–Kier alpha value is -2.45. The van der Waals surface area contributed by atoms with Gasteiger partial charge in [-0.2, -0.15) is 0 Å². The van der Waals surface area contributed by atoms with E-state index < -0.39 is 5.82 Å². The smallest absolute Gasteiger partial charge is 0.253 e. The quantitative estimate of drug-likeness (QED) is 0.810. The van der Waals surface area contributed by atoms with E-state index in [2.05, 4.69) is 16.8 Å². The molecule has 2 aromatic rings. The van der Waals surface area contributed by atoms with Gasteiger partial charge in [-0.05, 0) is 17.7 Å². The van der Waals surface area contributed by atoms with Crippen LogP contribution in [-0.4, -0.2) is 21.3 Å². The summed E-state index contributed by atoms with van der Waals surface area (Å²) in [7, 11) is 0. The molecule has 1 aromatic heterocycles. The lowest BCUT2D eigenvalue weighted by Gasteiger charge is -2.05. The minimum Gasteiger partial charge on any atom is -0.384 e. The molecule has 19 heavy (non-hydrogen) atoms. The van der Waals surface area contributed by atoms with Crippen molar-refractivity contribution in [3.05, 3.63) is 64.1 Å². The van der Waals surface area contributed by atoms with Crippen LogP contribution < -0.4 is 5.56 Å². The first-order valence-corrected chi connectivity index (χ1v) is 5.59. The lowest BCUT2D eigenvalue weighted by molar-refractivity contribution is 0.350. The minimum atomic E-state index is -0.455. The second-order valence-electron chi connectivity index (χ2n) is 3.82. The van der Waals surface area contributed by atoms with Crippen molar-refractivity contribution in [3.8, 4) is 11.8 Å². The van der Waals surface area contributed by atoms with Gasteiger partial charge in [0, 0.05) is 12.3 Å². The summed E-state index contributed by atoms with van der Waals surface area (Å²) in [4.78, 5) is 15.4. The largest absolute Gasteiger partial charge is 0.384 e. The van der Waals surface area contributed by atoms with Crippen LogP contribution in [0, 0.1) is 17.7 Å². The molecule has 1 aromatic carbocycles. The SMILES string of the molecule is O=c1ccncn1Cc1ccc(F)c(C#CCO)c1. The van der Waals surface area contributed by atoms with E-state index in [-0.39, 0.29) is 17.7 Å². The van der Waals surface area contributed by atoms with E-state index in [0.29, 0.717) is 6.54 Å². The van der Waals surface area contributed by atoms with Gasteiger partial charge in [0.1, 0.15) is 12.4 Å². The van der Waals surface area contributed by atoms with Gasteiger partial charge in [-0.15, -0.1) is 0 Å². The van der Waals surface area contributed by atoms with Gasteiger partial charge < -0.3 is 5.11 Å². The molecule has 0 amide bonds. The summed E-state index contributed by atoms with van der Waals surface area (Å²) in [5.41, 5.74) is 0.754. The van der Waals surface area contributed by atoms with Crippen molar-refractivity contribution in [3.63, 3.8) is 0 Å². The molecule has 0 aliphatic carbocycles. The number of benzene rings is 1. The Bertz CT molecular complexity index is 698. The molecule has 0 radical (unpaired) electrons. The molecule has 0 fully saturated rings. The molecule has 0 saturated heterocycles. The maximum Gasteiger partial charge on any atom is 0.253 e. The molecule has 0 spiro atoms. The average Bonchev–Trinajstić information content (AvgIpc) is 2.42. The van der Waals surface area contributed by atoms with Crippen molar-refractivity contribution in [1.82, 2.24) is 9.55 Å². The first-order chi connectivity index (χ1) is 9.20. The fourth-order valence-electron chi connectivity index (χ4n) is 1.60. The molecule has 0 bridgehead atoms. The molecule has 96 valence electrons. The monoisotopic (exact) mass is 258 g/mol. The van der Waals surface area contributed by atoms with Crippen LogP contribution in [0.5, 0.6) is 0 Å². The topological polar surface area (TPSA) is 55.1 Å². The number of nitrogens with zero attached hydrogens (tertiary/aromatic N) is 2. The van der Waals surface area contributed by atoms with Crippen molar-refractivity contribution in [2.45, 2.75) is 6.54 Å². The molecular weight excluding hydrogens is 247 g/mol. The van der Waals surface area contributed by atoms with E-state index in [0.717, 1.165) is 5.56 Å². The first kappa shape index (κ1) is 13.0. The van der Waals surface area contributed by atoms with Crippen LogP contribution in [0.2, 0.25) is 0 Å². The Labute approximate surface area is 109 Å². The van der Waals surface area contributed by atoms with Gasteiger partial charge >= 0.3 is 0 Å². The number of hydrogen-bond acceptors (Lipinski definition) is 3. The third-order valence-electron chi connectivity index (χ3n) is 2.48. The summed E-state index contributed by atoms with van der Waals surface area (Å²) in [6.07, 6.45) is 2.84. The van der Waals surface area contributed by atoms with Crippen LogP contribution >= 0.6 is 0 Å². The van der Waals surface area contributed by atoms with E-state index in [1.54, 1.807) is 12.1 Å². The molecule has 0 saturated carbocycles. The number of hydrogen-bond donors (Lipinski definition) is 1. The van der Waals surface area contributed by atoms with Gasteiger partial charge in [-0.25, -0.2) is 9.37 Å². The van der Waals surface area contributed by atoms with E-state index in [4.69, 9.17) is 5.11 Å². The summed E-state index contributed by atoms with van der Waals surface area (Å²) < 4.78 is 14.9. The van der Waals surface area contributed by atoms with E-state index in [9.17, 15) is 9.18 Å². The summed E-state index contributed by atoms with van der Waals surface area (Å²) in [6.45, 7) is -0.0352. The Kier molecular flexibility index (Phi) is 4.06. The van der Waals surface area contributed by atoms with Crippen LogP contribution in [-0.2, 0) is 6.54 Å². The summed E-state index contributed by atoms with van der Waals surface area (Å²) in [5, 5.41) is 8.61. The predicted octanol–water partition coefficient (Wildman–Crippen LogP) is 0.775. The highest BCUT2D eigenvalue weighted by atomic mass is 19.1. The number of rotatable bonds is 2. The van der Waals surface area contributed by atoms with Crippen LogP contribution in [0.4, 0.5) is 4.39 Å². The molecule has 0 aliphatic rings. The zero-order valence-corrected chi connectivity index (χ0v) is 10.0. The van der Waals surface area contributed by atoms with Gasteiger partial charge in [-0.1, -0.05) is 17.9 Å². The zero-order chi connectivity index (χ0) is 13.7. The summed E-state index contributed by atoms with van der Waals surface area (Å²) in [5.74, 6) is 4.46. The highest BCUT2D eigenvalue weighted by Crippen LogP contribution is 2.10. The first-order valence-electron chi connectivity index (χ1n) is 5.59. The second kappa shape index (κ2) is 5.94. The number of aliphatic hydroxyl groups excluding tert-OH is 1. The van der Waals surface area contributed by atoms with Crippen LogP contribution in [0.3, 0.4) is 0 Å². The summed E-state index contributed by atoms with van der Waals surface area (Å²) in [6, 6.07) is 5.78. The highest BCUT2D eigenvalue weighted by molar-refractivity contribution is 5.38. The molecular formula is C14H11FN2O2. The molecule has 2 rings (SSSR count). The normalized spacial score (nSPS) is 9.79. The third kappa shape index (κ3) is 3.27. The lowest BCUT2D eigenvalue weighted by atomic mass is 10.1. The maximum atomic E-state index is 13.4. The minimum absolute atomic E-state index is 0.178. The van der Waals surface area contributed by atoms with Crippen molar-refractivity contribution >= 4 is 0 Å². The Morgan fingerprint density at radius 1 is 1.37 bits per heavy atom. The Morgan fingerprint density at radius 3 is 2.95 bits per heavy atom. The second-order valence-corrected chi connectivity index (χ2v) is 3.82. The van der Waals surface area contributed by atoms with Gasteiger partial charge in [0.2, 0.25) is 0 Å². The average molecular weight is 258 g/mol. The van der Waals surface area contributed by atoms with Gasteiger partial charge in [0.05, 0.1) is 18.4 Å². The van der Waals surface area contributed by atoms with Crippen LogP contribution in [0.25, 0.3) is 0 Å². The predicted molar refractivity (Wildman–Crippen MR) is 68.0 cm³/mol. The van der Waals surface area contributed by atoms with E-state index in [1.807, 2.05) is 0 Å². The molecule has 0 atom stereocenters. The highest BCUT2D eigenvalue weighted by Gasteiger charge is 2.03. The lowest BCUT2D eigenvalue weighted by Crippen LogP contribution is -2.19. The van der Waals surface area contributed by atoms with Gasteiger partial charge in [0.25, 0.3) is 5.56 Å². The van der Waals surface area contributed by atoms with Gasteiger partial charge in [-0.3, -0.25) is 9.36 Å². The third-order valence-corrected chi connectivity index (χ3v) is 2.48. The summed E-state index contributed by atoms with van der Waals surface area (Å²) >= 11 is 0. The molecule has 0 aliphatic heterocycles. The van der Waals surface area contributed by atoms with Crippen molar-refractivity contribution < 1.29 is 9.50 Å². The van der Waals surface area contributed by atoms with Crippen molar-refractivity contribution in [2.75, 3.05) is 6.61 Å². The van der Waals surface area contributed by atoms with Gasteiger partial charge in [0.15, 0.2) is 0 Å². The molecule has 4 nitrogen and oxygen atoms in total. The number of aliphatic hydroxyl groups is 1. The fraction of sp³-hybridized carbons (Fsp3) is 0.143. The molecule has 1 heterocycles. The van der Waals surface area contributed by atoms with E-state index in [1.165, 1.54) is 29.2 Å². The Morgan fingerprint density at radius 2 is 2.21 bits per heavy atom. The zero-order valence-electron chi connectivity index (χ0n) is 10.0. The Balaban J connectivity index is 2.32. The molecule has 1 N–H and O–H groups in total. The molecule has 5 heteroatoms. The van der Waals surface area contributed by atoms with Crippen molar-refractivity contribution in [2.24, 2.45) is 0 Å². The maximum absolute atomic E-state index is 13.4. The molecule has 0 unspecified atom stereocenters. The van der Waals surface area contributed by atoms with Crippen LogP contribution in [0.1, 0.15) is 11.1 Å². The van der Waals surface area contributed by atoms with E-state index >= 15 is 0 Å². The van der Waals surface area contributed by atoms with Crippen LogP contribution in [0.15, 0.2) is 41.6 Å². The fourth-order valence-corrected chi connectivity index (χ4v) is 1.60. The number of halogens is 1. The number of aromatic nitrogens is 2.